The predicted molar refractivity (Wildman–Crippen MR) is 365 cm³/mol. The van der Waals surface area contributed by atoms with Crippen molar-refractivity contribution in [1.82, 2.24) is 48.7 Å². The lowest BCUT2D eigenvalue weighted by molar-refractivity contribution is 0.0107. The molecule has 0 bridgehead atoms. The van der Waals surface area contributed by atoms with Crippen LogP contribution >= 0.6 is 23.2 Å². The van der Waals surface area contributed by atoms with Crippen LogP contribution in [0, 0.1) is 36.5 Å². The molecule has 2 N–H and O–H groups in total. The van der Waals surface area contributed by atoms with E-state index in [4.69, 9.17) is 33.2 Å². The van der Waals surface area contributed by atoms with Gasteiger partial charge in [-0.15, -0.1) is 0 Å². The zero-order valence-electron chi connectivity index (χ0n) is 54.0. The average Bonchev–Trinajstić information content (AvgIpc) is 1.61. The van der Waals surface area contributed by atoms with E-state index >= 15 is 0 Å². The van der Waals surface area contributed by atoms with Gasteiger partial charge in [0.25, 0.3) is 0 Å². The van der Waals surface area contributed by atoms with Gasteiger partial charge in [-0.05, 0) is 204 Å². The second-order valence-corrected chi connectivity index (χ2v) is 26.7. The van der Waals surface area contributed by atoms with Gasteiger partial charge in [0.05, 0.1) is 69.5 Å². The Morgan fingerprint density at radius 3 is 1.39 bits per heavy atom. The van der Waals surface area contributed by atoms with Crippen molar-refractivity contribution in [2.75, 3.05) is 62.2 Å². The number of fused-ring (bicyclic) bond motifs is 4. The molecule has 12 rings (SSSR count). The van der Waals surface area contributed by atoms with E-state index < -0.39 is 22.8 Å². The number of hydrogen-bond acceptors (Lipinski definition) is 12. The predicted octanol–water partition coefficient (Wildman–Crippen LogP) is 12.7. The number of nitriles is 2. The molecule has 0 radical (unpaired) electrons. The van der Waals surface area contributed by atoms with Crippen LogP contribution in [-0.4, -0.2) is 146 Å². The van der Waals surface area contributed by atoms with Crippen molar-refractivity contribution in [2.45, 2.75) is 110 Å². The Kier molecular flexibility index (Phi) is 19.0. The summed E-state index contributed by atoms with van der Waals surface area (Å²) in [7, 11) is 0. The number of carbonyl (C=O) groups is 2. The van der Waals surface area contributed by atoms with Gasteiger partial charge in [-0.2, -0.15) is 10.5 Å². The smallest absolute Gasteiger partial charge is 0.325 e. The van der Waals surface area contributed by atoms with Gasteiger partial charge in [-0.25, -0.2) is 19.6 Å². The van der Waals surface area contributed by atoms with Gasteiger partial charge in [-0.3, -0.25) is 29.6 Å². The second kappa shape index (κ2) is 26.9. The molecule has 4 aromatic heterocycles. The van der Waals surface area contributed by atoms with E-state index in [2.05, 4.69) is 77.5 Å². The minimum Gasteiger partial charge on any atom is -0.388 e. The molecule has 3 unspecified atom stereocenters. The quantitative estimate of drug-likeness (QED) is 0.117. The Labute approximate surface area is 554 Å². The third-order valence-corrected chi connectivity index (χ3v) is 19.5. The molecule has 20 heteroatoms. The first kappa shape index (κ1) is 65.5. The van der Waals surface area contributed by atoms with Gasteiger partial charge in [0, 0.05) is 124 Å². The summed E-state index contributed by atoms with van der Waals surface area (Å²) >= 11 is 13.2. The average molecular weight is 1290 g/mol. The number of amides is 4. The number of nitrogens with zero attached hydrogens (tertiary/aromatic N) is 14. The SMILES string of the molecule is Cc1nccn1CC1=Cc2cccnc2C(N2CCN(C(=O)N(c3ccc(C#N)cc3)C(C)(C)C(C)(C)O)CC2)c2ccc(Cl)cc21.Cc1nccn1CC1=Cc2cccnc2C(N2CCN(C(=O)N(c3ccc(C#N)cc3)C(C)C(C)(C)O)CC2)c2ccc(Cl)cc21. The molecule has 3 atom stereocenters. The van der Waals surface area contributed by atoms with E-state index in [1.807, 2.05) is 118 Å². The van der Waals surface area contributed by atoms with Crippen LogP contribution in [0.5, 0.6) is 0 Å². The van der Waals surface area contributed by atoms with Crippen LogP contribution in [0.3, 0.4) is 0 Å². The van der Waals surface area contributed by atoms with Crippen LogP contribution in [0.15, 0.2) is 146 Å². The van der Waals surface area contributed by atoms with E-state index in [0.717, 1.165) is 67.6 Å². The molecule has 4 aromatic carbocycles. The number of hydrogen-bond donors (Lipinski definition) is 2. The molecule has 2 fully saturated rings. The highest BCUT2D eigenvalue weighted by atomic mass is 35.5. The normalized spacial score (nSPS) is 17.1. The zero-order valence-corrected chi connectivity index (χ0v) is 55.6. The fourth-order valence-electron chi connectivity index (χ4n) is 12.8. The first-order valence-corrected chi connectivity index (χ1v) is 32.2. The zero-order chi connectivity index (χ0) is 66.1. The summed E-state index contributed by atoms with van der Waals surface area (Å²) in [5.41, 5.74) is 9.68. The molecule has 4 amide bonds. The van der Waals surface area contributed by atoms with Crippen molar-refractivity contribution in [3.63, 3.8) is 0 Å². The highest BCUT2D eigenvalue weighted by molar-refractivity contribution is 6.31. The van der Waals surface area contributed by atoms with Crippen molar-refractivity contribution in [2.24, 2.45) is 0 Å². The molecule has 6 heterocycles. The Bertz CT molecular complexity index is 4210. The molecule has 0 spiro atoms. The molecule has 0 saturated carbocycles. The number of aryl methyl sites for hydroxylation is 2. The molecule has 18 nitrogen and oxygen atoms in total. The van der Waals surface area contributed by atoms with Gasteiger partial charge in [0.2, 0.25) is 0 Å². The van der Waals surface area contributed by atoms with Crippen LogP contribution in [-0.2, 0) is 13.1 Å². The Morgan fingerprint density at radius 1 is 0.581 bits per heavy atom. The van der Waals surface area contributed by atoms with Gasteiger partial charge in [-0.1, -0.05) is 47.5 Å². The Hall–Kier alpha value is -8.98. The number of urea groups is 2. The van der Waals surface area contributed by atoms with E-state index in [-0.39, 0.29) is 24.1 Å². The number of aliphatic hydroxyl groups is 2. The number of allylic oxidation sites excluding steroid dienone is 2. The van der Waals surface area contributed by atoms with Crippen LogP contribution in [0.2, 0.25) is 10.0 Å². The fraction of sp³-hybridized carbons (Fsp3) is 0.342. The summed E-state index contributed by atoms with van der Waals surface area (Å²) in [6, 6.07) is 37.3. The lowest BCUT2D eigenvalue weighted by Gasteiger charge is -2.49. The summed E-state index contributed by atoms with van der Waals surface area (Å²) in [5, 5.41) is 42.1. The lowest BCUT2D eigenvalue weighted by atomic mass is 9.83. The first-order valence-electron chi connectivity index (χ1n) is 31.4. The van der Waals surface area contributed by atoms with Gasteiger partial charge < -0.3 is 29.1 Å². The van der Waals surface area contributed by atoms with Crippen molar-refractivity contribution in [3.05, 3.63) is 224 Å². The largest absolute Gasteiger partial charge is 0.388 e. The van der Waals surface area contributed by atoms with Gasteiger partial charge >= 0.3 is 12.1 Å². The van der Waals surface area contributed by atoms with Crippen molar-refractivity contribution < 1.29 is 19.8 Å². The second-order valence-electron chi connectivity index (χ2n) is 25.8. The number of imidazole rings is 2. The Morgan fingerprint density at radius 2 is 1.00 bits per heavy atom. The van der Waals surface area contributed by atoms with Crippen LogP contribution < -0.4 is 9.80 Å². The maximum absolute atomic E-state index is 14.4. The molecule has 4 aliphatic rings. The van der Waals surface area contributed by atoms with Crippen LogP contribution in [0.1, 0.15) is 128 Å². The fourth-order valence-corrected chi connectivity index (χ4v) is 13.1. The maximum atomic E-state index is 14.4. The van der Waals surface area contributed by atoms with Gasteiger partial charge in [0.1, 0.15) is 11.6 Å². The van der Waals surface area contributed by atoms with E-state index in [0.29, 0.717) is 98.0 Å². The van der Waals surface area contributed by atoms with Crippen LogP contribution in [0.4, 0.5) is 21.0 Å². The minimum atomic E-state index is -1.21. The lowest BCUT2D eigenvalue weighted by Crippen LogP contribution is -2.64. The maximum Gasteiger partial charge on any atom is 0.325 e. The standard InChI is InChI=1S/C37H40ClN7O2.C36H38ClN7O2/c1-25-40-15-16-44(25)24-28-21-27-7-6-14-41-33(27)34(31-13-10-29(38)22-32(28)31)42-17-19-43(20-18-42)35(46)45(36(2,3)37(4,5)47)30-11-8-26(23-39)9-12-30;1-24(36(3,4)46)44(30-10-7-26(22-38)8-11-30)35(45)42-18-16-41(17-19-42)34-31-12-9-29(37)21-32(31)28(23-43-15-14-39-25(43)2)20-27-6-5-13-40-33(27)34/h6-16,21-22,34,47H,17-20,24H2,1-5H3;5-15,20-21,24,34,46H,16-19,23H2,1-4H3. The molecule has 478 valence electrons. The third-order valence-electron chi connectivity index (χ3n) is 19.1. The number of rotatable bonds is 12. The number of carbonyl (C=O) groups excluding carboxylic acids is 2. The number of piperazine rings is 2. The van der Waals surface area contributed by atoms with Crippen LogP contribution in [0.25, 0.3) is 23.3 Å². The summed E-state index contributed by atoms with van der Waals surface area (Å²) < 4.78 is 4.26. The number of benzene rings is 4. The number of pyridine rings is 2. The van der Waals surface area contributed by atoms with E-state index in [1.54, 1.807) is 86.0 Å². The minimum absolute atomic E-state index is 0.136. The van der Waals surface area contributed by atoms with E-state index in [1.165, 1.54) is 0 Å². The molecule has 2 aliphatic heterocycles. The third kappa shape index (κ3) is 13.6. The van der Waals surface area contributed by atoms with E-state index in [9.17, 15) is 30.3 Å². The summed E-state index contributed by atoms with van der Waals surface area (Å²) in [6.45, 7) is 22.2. The summed E-state index contributed by atoms with van der Waals surface area (Å²) in [4.78, 5) is 59.0. The molecule has 2 aliphatic carbocycles. The topological polar surface area (TPSA) is 203 Å². The summed E-state index contributed by atoms with van der Waals surface area (Å²) in [5.74, 6) is 1.87. The monoisotopic (exact) mass is 1280 g/mol. The molecule has 8 aromatic rings. The van der Waals surface area contributed by atoms with Crippen molar-refractivity contribution >= 4 is 69.9 Å². The number of halogens is 2. The van der Waals surface area contributed by atoms with Crippen molar-refractivity contribution in [3.8, 4) is 12.1 Å². The molecule has 93 heavy (non-hydrogen) atoms. The Balaban J connectivity index is 0.000000190. The molecular weight excluding hydrogens is 1210 g/mol. The number of aromatic nitrogens is 6. The first-order chi connectivity index (χ1) is 44.4. The van der Waals surface area contributed by atoms with Gasteiger partial charge in [0.15, 0.2) is 0 Å². The van der Waals surface area contributed by atoms with Crippen molar-refractivity contribution in [1.29, 1.82) is 10.5 Å². The number of anilines is 2. The highest BCUT2D eigenvalue weighted by Crippen LogP contribution is 2.44. The summed E-state index contributed by atoms with van der Waals surface area (Å²) in [6.07, 6.45) is 15.7. The molecule has 2 saturated heterocycles. The molecular formula is C73H78Cl2N14O4. The highest BCUT2D eigenvalue weighted by Gasteiger charge is 2.46.